The van der Waals surface area contributed by atoms with Crippen LogP contribution in [0.15, 0.2) is 78.9 Å². The van der Waals surface area contributed by atoms with Gasteiger partial charge in [0.15, 0.2) is 0 Å². The van der Waals surface area contributed by atoms with Gasteiger partial charge in [0.2, 0.25) is 5.91 Å². The number of benzene rings is 3. The van der Waals surface area contributed by atoms with Gasteiger partial charge in [-0.15, -0.1) is 0 Å². The van der Waals surface area contributed by atoms with Crippen molar-refractivity contribution in [1.29, 1.82) is 0 Å². The summed E-state index contributed by atoms with van der Waals surface area (Å²) in [4.78, 5) is 24.1. The predicted molar refractivity (Wildman–Crippen MR) is 117 cm³/mol. The van der Waals surface area contributed by atoms with E-state index in [1.807, 2.05) is 54.6 Å². The topological polar surface area (TPSA) is 67.4 Å². The molecule has 3 aromatic rings. The largest absolute Gasteiger partial charge is 0.372 e. The first-order valence-electron chi connectivity index (χ1n) is 9.61. The molecule has 3 rings (SSSR count). The molecule has 0 aromatic heterocycles. The molecule has 0 unspecified atom stereocenters. The summed E-state index contributed by atoms with van der Waals surface area (Å²) < 4.78 is 5.72. The Morgan fingerprint density at radius 1 is 0.733 bits per heavy atom. The molecule has 0 bridgehead atoms. The van der Waals surface area contributed by atoms with Crippen LogP contribution >= 0.6 is 11.6 Å². The third-order valence-corrected chi connectivity index (χ3v) is 4.75. The van der Waals surface area contributed by atoms with E-state index in [9.17, 15) is 9.59 Å². The number of hydrogen-bond donors (Lipinski definition) is 2. The van der Waals surface area contributed by atoms with E-state index in [1.165, 1.54) is 0 Å². The lowest BCUT2D eigenvalue weighted by Crippen LogP contribution is -2.36. The van der Waals surface area contributed by atoms with Crippen molar-refractivity contribution < 1.29 is 14.3 Å². The SMILES string of the molecule is O=C(CNC(=O)c1ccccc1Cl)NCc1ccc(COCc2ccccc2)cc1. The molecule has 30 heavy (non-hydrogen) atoms. The van der Waals surface area contributed by atoms with Crippen molar-refractivity contribution in [2.45, 2.75) is 19.8 Å². The van der Waals surface area contributed by atoms with Crippen LogP contribution in [0.25, 0.3) is 0 Å². The zero-order valence-corrected chi connectivity index (χ0v) is 17.2. The molecule has 2 N–H and O–H groups in total. The minimum atomic E-state index is -0.379. The number of rotatable bonds is 9. The summed E-state index contributed by atoms with van der Waals surface area (Å²) in [6.45, 7) is 1.36. The van der Waals surface area contributed by atoms with Crippen molar-refractivity contribution in [3.63, 3.8) is 0 Å². The summed E-state index contributed by atoms with van der Waals surface area (Å²) in [5.74, 6) is -0.652. The molecular weight excluding hydrogens is 400 g/mol. The average Bonchev–Trinajstić information content (AvgIpc) is 2.78. The second-order valence-electron chi connectivity index (χ2n) is 6.73. The molecular formula is C24H23ClN2O3. The Hall–Kier alpha value is -3.15. The van der Waals surface area contributed by atoms with Crippen LogP contribution in [-0.2, 0) is 29.3 Å². The fraction of sp³-hybridized carbons (Fsp3) is 0.167. The Kier molecular flexibility index (Phi) is 8.01. The van der Waals surface area contributed by atoms with Gasteiger partial charge in [-0.05, 0) is 28.8 Å². The van der Waals surface area contributed by atoms with E-state index in [0.29, 0.717) is 30.3 Å². The molecule has 0 saturated heterocycles. The van der Waals surface area contributed by atoms with E-state index in [0.717, 1.165) is 16.7 Å². The molecule has 154 valence electrons. The first-order chi connectivity index (χ1) is 14.6. The van der Waals surface area contributed by atoms with Gasteiger partial charge in [-0.3, -0.25) is 9.59 Å². The highest BCUT2D eigenvalue weighted by Crippen LogP contribution is 2.14. The van der Waals surface area contributed by atoms with Crippen LogP contribution < -0.4 is 10.6 Å². The molecule has 0 aliphatic heterocycles. The maximum atomic E-state index is 12.1. The van der Waals surface area contributed by atoms with Crippen molar-refractivity contribution in [1.82, 2.24) is 10.6 Å². The number of carbonyl (C=O) groups excluding carboxylic acids is 2. The summed E-state index contributed by atoms with van der Waals surface area (Å²) in [7, 11) is 0. The first kappa shape index (κ1) is 21.6. The Morgan fingerprint density at radius 2 is 1.33 bits per heavy atom. The first-order valence-corrected chi connectivity index (χ1v) is 9.98. The summed E-state index contributed by atoms with van der Waals surface area (Å²) in [6.07, 6.45) is 0. The van der Waals surface area contributed by atoms with Gasteiger partial charge in [0.1, 0.15) is 0 Å². The zero-order chi connectivity index (χ0) is 21.2. The standard InChI is InChI=1S/C24H23ClN2O3/c25-22-9-5-4-8-21(22)24(29)27-15-23(28)26-14-18-10-12-20(13-11-18)17-30-16-19-6-2-1-3-7-19/h1-13H,14-17H2,(H,26,28)(H,27,29). The van der Waals surface area contributed by atoms with Crippen LogP contribution in [0.5, 0.6) is 0 Å². The molecule has 2 amide bonds. The van der Waals surface area contributed by atoms with Crippen LogP contribution in [0.3, 0.4) is 0 Å². The van der Waals surface area contributed by atoms with Crippen molar-refractivity contribution >= 4 is 23.4 Å². The molecule has 0 spiro atoms. The van der Waals surface area contributed by atoms with Crippen LogP contribution in [0.2, 0.25) is 5.02 Å². The molecule has 0 atom stereocenters. The van der Waals surface area contributed by atoms with Gasteiger partial charge < -0.3 is 15.4 Å². The van der Waals surface area contributed by atoms with Crippen molar-refractivity contribution in [2.24, 2.45) is 0 Å². The lowest BCUT2D eigenvalue weighted by atomic mass is 10.1. The smallest absolute Gasteiger partial charge is 0.253 e. The maximum Gasteiger partial charge on any atom is 0.253 e. The highest BCUT2D eigenvalue weighted by atomic mass is 35.5. The molecule has 0 heterocycles. The Labute approximate surface area is 181 Å². The second-order valence-corrected chi connectivity index (χ2v) is 7.14. The van der Waals surface area contributed by atoms with Crippen LogP contribution in [-0.4, -0.2) is 18.4 Å². The van der Waals surface area contributed by atoms with E-state index >= 15 is 0 Å². The molecule has 0 aliphatic carbocycles. The fourth-order valence-electron chi connectivity index (χ4n) is 2.78. The normalized spacial score (nSPS) is 10.4. The molecule has 0 saturated carbocycles. The Balaban J connectivity index is 1.37. The number of carbonyl (C=O) groups is 2. The van der Waals surface area contributed by atoms with Gasteiger partial charge >= 0.3 is 0 Å². The van der Waals surface area contributed by atoms with Crippen LogP contribution in [0.1, 0.15) is 27.0 Å². The zero-order valence-electron chi connectivity index (χ0n) is 16.4. The number of amides is 2. The monoisotopic (exact) mass is 422 g/mol. The highest BCUT2D eigenvalue weighted by Gasteiger charge is 2.10. The van der Waals surface area contributed by atoms with Crippen molar-refractivity contribution in [2.75, 3.05) is 6.54 Å². The number of ether oxygens (including phenoxy) is 1. The van der Waals surface area contributed by atoms with Crippen molar-refractivity contribution in [3.05, 3.63) is 106 Å². The fourth-order valence-corrected chi connectivity index (χ4v) is 3.00. The summed E-state index contributed by atoms with van der Waals surface area (Å²) in [5, 5.41) is 5.71. The van der Waals surface area contributed by atoms with E-state index in [2.05, 4.69) is 10.6 Å². The van der Waals surface area contributed by atoms with E-state index < -0.39 is 0 Å². The van der Waals surface area contributed by atoms with Gasteiger partial charge in [-0.1, -0.05) is 78.3 Å². The Bertz CT molecular complexity index is 975. The minimum absolute atomic E-state index is 0.116. The van der Waals surface area contributed by atoms with E-state index in [4.69, 9.17) is 16.3 Å². The average molecular weight is 423 g/mol. The van der Waals surface area contributed by atoms with Gasteiger partial charge in [0, 0.05) is 6.54 Å². The minimum Gasteiger partial charge on any atom is -0.372 e. The van der Waals surface area contributed by atoms with Crippen LogP contribution in [0.4, 0.5) is 0 Å². The molecule has 3 aromatic carbocycles. The number of nitrogens with one attached hydrogen (secondary N) is 2. The molecule has 0 fully saturated rings. The quantitative estimate of drug-likeness (QED) is 0.545. The van der Waals surface area contributed by atoms with Crippen LogP contribution in [0, 0.1) is 0 Å². The predicted octanol–water partition coefficient (Wildman–Crippen LogP) is 4.10. The second kappa shape index (κ2) is 11.1. The van der Waals surface area contributed by atoms with Crippen molar-refractivity contribution in [3.8, 4) is 0 Å². The number of hydrogen-bond acceptors (Lipinski definition) is 3. The van der Waals surface area contributed by atoms with Gasteiger partial charge in [0.25, 0.3) is 5.91 Å². The lowest BCUT2D eigenvalue weighted by Gasteiger charge is -2.09. The lowest BCUT2D eigenvalue weighted by molar-refractivity contribution is -0.120. The molecule has 6 heteroatoms. The Morgan fingerprint density at radius 3 is 2.03 bits per heavy atom. The number of halogens is 1. The summed E-state index contributed by atoms with van der Waals surface area (Å²) in [6, 6.07) is 24.6. The highest BCUT2D eigenvalue weighted by molar-refractivity contribution is 6.33. The third kappa shape index (κ3) is 6.72. The molecule has 0 radical (unpaired) electrons. The summed E-state index contributed by atoms with van der Waals surface area (Å²) >= 11 is 5.98. The van der Waals surface area contributed by atoms with Gasteiger partial charge in [-0.25, -0.2) is 0 Å². The molecule has 5 nitrogen and oxygen atoms in total. The van der Waals surface area contributed by atoms with E-state index in [-0.39, 0.29) is 18.4 Å². The third-order valence-electron chi connectivity index (χ3n) is 4.42. The van der Waals surface area contributed by atoms with Gasteiger partial charge in [-0.2, -0.15) is 0 Å². The van der Waals surface area contributed by atoms with E-state index in [1.54, 1.807) is 24.3 Å². The maximum absolute atomic E-state index is 12.1. The summed E-state index contributed by atoms with van der Waals surface area (Å²) in [5.41, 5.74) is 3.51. The molecule has 0 aliphatic rings. The van der Waals surface area contributed by atoms with Gasteiger partial charge in [0.05, 0.1) is 30.3 Å².